The fraction of sp³-hybridized carbons (Fsp3) is 0.750. The van der Waals surface area contributed by atoms with Crippen molar-refractivity contribution in [2.75, 3.05) is 6.54 Å². The van der Waals surface area contributed by atoms with Gasteiger partial charge in [0, 0.05) is 6.54 Å². The molecule has 0 aliphatic carbocycles. The van der Waals surface area contributed by atoms with Crippen LogP contribution >= 0.6 is 11.8 Å². The Hall–Kier alpha value is -1.01. The number of nitrogens with two attached hydrogens (primary N) is 1. The van der Waals surface area contributed by atoms with Crippen LogP contribution < -0.4 is 16.5 Å². The van der Waals surface area contributed by atoms with Crippen molar-refractivity contribution in [1.82, 2.24) is 15.3 Å². The van der Waals surface area contributed by atoms with Crippen molar-refractivity contribution in [1.29, 1.82) is 10.8 Å². The number of unbranched alkanes of at least 4 members (excludes halogenated alkanes) is 3. The number of halogens is 1. The molecular formula is C8H19ClN6. The van der Waals surface area contributed by atoms with E-state index in [1.54, 1.807) is 0 Å². The first kappa shape index (κ1) is 14.0. The second-order valence-electron chi connectivity index (χ2n) is 3.17. The molecule has 0 amide bonds. The summed E-state index contributed by atoms with van der Waals surface area (Å²) in [7, 11) is 0. The third-order valence-electron chi connectivity index (χ3n) is 1.70. The van der Waals surface area contributed by atoms with Crippen LogP contribution in [0.3, 0.4) is 0 Å². The van der Waals surface area contributed by atoms with Gasteiger partial charge in [-0.05, 0) is 18.2 Å². The van der Waals surface area contributed by atoms with Gasteiger partial charge in [-0.15, -0.1) is 4.53 Å². The van der Waals surface area contributed by atoms with E-state index >= 15 is 0 Å². The van der Waals surface area contributed by atoms with Gasteiger partial charge < -0.3 is 5.73 Å². The molecule has 0 aliphatic heterocycles. The number of hydrazine groups is 1. The lowest BCUT2D eigenvalue weighted by atomic mass is 10.2. The summed E-state index contributed by atoms with van der Waals surface area (Å²) in [5, 5.41) is 16.5. The van der Waals surface area contributed by atoms with Crippen molar-refractivity contribution in [2.45, 2.75) is 32.6 Å². The minimum Gasteiger partial charge on any atom is -0.370 e. The standard InChI is InChI=1S/C8H19ClN6/c1-2-3-4-5-6-15(9)14-8(12)13-7(10)11/h2-6H2,1H3,(H6,10,11,12,13,14). The predicted molar refractivity (Wildman–Crippen MR) is 62.6 cm³/mol. The molecule has 0 saturated heterocycles. The Balaban J connectivity index is 3.51. The summed E-state index contributed by atoms with van der Waals surface area (Å²) in [5.41, 5.74) is 7.58. The molecule has 0 aromatic rings. The van der Waals surface area contributed by atoms with E-state index < -0.39 is 0 Å². The number of rotatable bonds is 6. The zero-order valence-corrected chi connectivity index (χ0v) is 9.69. The first-order valence-electron chi connectivity index (χ1n) is 4.95. The number of nitrogens with one attached hydrogen (secondary N) is 4. The molecule has 0 aromatic heterocycles. The van der Waals surface area contributed by atoms with Gasteiger partial charge in [0.2, 0.25) is 5.96 Å². The van der Waals surface area contributed by atoms with Gasteiger partial charge in [-0.1, -0.05) is 26.2 Å². The number of hydrogen-bond donors (Lipinski definition) is 5. The van der Waals surface area contributed by atoms with Crippen LogP contribution in [0, 0.1) is 10.8 Å². The lowest BCUT2D eigenvalue weighted by Crippen LogP contribution is -2.47. The first-order chi connectivity index (χ1) is 7.06. The van der Waals surface area contributed by atoms with Crippen LogP contribution in [-0.2, 0) is 0 Å². The molecule has 0 fully saturated rings. The quantitative estimate of drug-likeness (QED) is 0.155. The molecule has 7 heteroatoms. The number of guanidine groups is 2. The predicted octanol–water partition coefficient (Wildman–Crippen LogP) is 0.945. The van der Waals surface area contributed by atoms with Gasteiger partial charge in [0.15, 0.2) is 5.96 Å². The van der Waals surface area contributed by atoms with E-state index in [2.05, 4.69) is 17.7 Å². The van der Waals surface area contributed by atoms with Crippen LogP contribution in [0.15, 0.2) is 0 Å². The smallest absolute Gasteiger partial charge is 0.211 e. The van der Waals surface area contributed by atoms with Crippen molar-refractivity contribution in [2.24, 2.45) is 5.73 Å². The number of hydrogen-bond acceptors (Lipinski definition) is 3. The highest BCUT2D eigenvalue weighted by atomic mass is 35.5. The first-order valence-corrected chi connectivity index (χ1v) is 5.29. The monoisotopic (exact) mass is 234 g/mol. The molecule has 0 saturated carbocycles. The molecule has 6 N–H and O–H groups in total. The molecule has 88 valence electrons. The molecule has 0 rings (SSSR count). The van der Waals surface area contributed by atoms with Gasteiger partial charge in [0.25, 0.3) is 0 Å². The zero-order valence-electron chi connectivity index (χ0n) is 8.94. The van der Waals surface area contributed by atoms with Crippen molar-refractivity contribution in [3.63, 3.8) is 0 Å². The van der Waals surface area contributed by atoms with E-state index in [9.17, 15) is 0 Å². The molecule has 0 bridgehead atoms. The van der Waals surface area contributed by atoms with Crippen LogP contribution in [0.5, 0.6) is 0 Å². The summed E-state index contributed by atoms with van der Waals surface area (Å²) in [6, 6.07) is 0. The van der Waals surface area contributed by atoms with E-state index in [0.29, 0.717) is 6.54 Å². The Morgan fingerprint density at radius 3 is 2.53 bits per heavy atom. The zero-order chi connectivity index (χ0) is 11.7. The molecule has 0 heterocycles. The van der Waals surface area contributed by atoms with Crippen molar-refractivity contribution in [3.05, 3.63) is 0 Å². The molecular weight excluding hydrogens is 216 g/mol. The summed E-state index contributed by atoms with van der Waals surface area (Å²) >= 11 is 5.77. The highest BCUT2D eigenvalue weighted by Crippen LogP contribution is 2.00. The fourth-order valence-electron chi connectivity index (χ4n) is 1.02. The van der Waals surface area contributed by atoms with E-state index in [0.717, 1.165) is 12.8 Å². The average Bonchev–Trinajstić information content (AvgIpc) is 2.10. The second-order valence-corrected chi connectivity index (χ2v) is 3.58. The minimum absolute atomic E-state index is 0.104. The third kappa shape index (κ3) is 9.30. The summed E-state index contributed by atoms with van der Waals surface area (Å²) in [6.07, 6.45) is 4.46. The van der Waals surface area contributed by atoms with Crippen molar-refractivity contribution < 1.29 is 0 Å². The Bertz CT molecular complexity index is 207. The van der Waals surface area contributed by atoms with Crippen molar-refractivity contribution >= 4 is 23.7 Å². The minimum atomic E-state index is -0.288. The number of nitrogens with zero attached hydrogens (tertiary/aromatic N) is 1. The van der Waals surface area contributed by atoms with E-state index in [1.807, 2.05) is 0 Å². The van der Waals surface area contributed by atoms with Gasteiger partial charge in [0.05, 0.1) is 0 Å². The topological polar surface area (TPSA) is 101 Å². The molecule has 0 aromatic carbocycles. The molecule has 0 radical (unpaired) electrons. The molecule has 15 heavy (non-hydrogen) atoms. The van der Waals surface area contributed by atoms with Gasteiger partial charge in [-0.25, -0.2) is 0 Å². The van der Waals surface area contributed by atoms with Crippen molar-refractivity contribution in [3.8, 4) is 0 Å². The maximum Gasteiger partial charge on any atom is 0.211 e. The SMILES string of the molecule is CCCCCCN(Cl)NC(=N)NC(=N)N. The highest BCUT2D eigenvalue weighted by molar-refractivity contribution is 6.14. The van der Waals surface area contributed by atoms with E-state index in [1.165, 1.54) is 17.4 Å². The van der Waals surface area contributed by atoms with Gasteiger partial charge in [0.1, 0.15) is 0 Å². The van der Waals surface area contributed by atoms with Crippen LogP contribution in [0.2, 0.25) is 0 Å². The Morgan fingerprint density at radius 2 is 2.00 bits per heavy atom. The summed E-state index contributed by atoms with van der Waals surface area (Å²) in [6.45, 7) is 2.78. The lowest BCUT2D eigenvalue weighted by Gasteiger charge is -2.16. The maximum atomic E-state index is 7.30. The van der Waals surface area contributed by atoms with Crippen LogP contribution in [0.1, 0.15) is 32.6 Å². The molecule has 0 unspecified atom stereocenters. The average molecular weight is 235 g/mol. The molecule has 0 aliphatic rings. The Kier molecular flexibility index (Phi) is 7.75. The Labute approximate surface area is 95.2 Å². The van der Waals surface area contributed by atoms with Gasteiger partial charge in [-0.3, -0.25) is 21.6 Å². The fourth-order valence-corrected chi connectivity index (χ4v) is 1.22. The third-order valence-corrected chi connectivity index (χ3v) is 1.95. The molecule has 6 nitrogen and oxygen atoms in total. The van der Waals surface area contributed by atoms with E-state index in [-0.39, 0.29) is 11.9 Å². The van der Waals surface area contributed by atoms with Crippen LogP contribution in [0.4, 0.5) is 0 Å². The molecule has 0 atom stereocenters. The van der Waals surface area contributed by atoms with Crippen LogP contribution in [-0.4, -0.2) is 23.0 Å². The highest BCUT2D eigenvalue weighted by Gasteiger charge is 2.03. The second kappa shape index (κ2) is 8.31. The largest absolute Gasteiger partial charge is 0.370 e. The molecule has 0 spiro atoms. The van der Waals surface area contributed by atoms with Crippen LogP contribution in [0.25, 0.3) is 0 Å². The summed E-state index contributed by atoms with van der Waals surface area (Å²) in [5.74, 6) is -0.392. The normalized spacial score (nSPS) is 10.1. The van der Waals surface area contributed by atoms with E-state index in [4.69, 9.17) is 28.3 Å². The van der Waals surface area contributed by atoms with Gasteiger partial charge in [-0.2, -0.15) is 0 Å². The Morgan fingerprint density at radius 1 is 1.33 bits per heavy atom. The maximum absolute atomic E-state index is 7.30. The lowest BCUT2D eigenvalue weighted by molar-refractivity contribution is 0.390. The summed E-state index contributed by atoms with van der Waals surface area (Å²) in [4.78, 5) is 0. The summed E-state index contributed by atoms with van der Waals surface area (Å²) < 4.78 is 1.29. The van der Waals surface area contributed by atoms with Gasteiger partial charge >= 0.3 is 0 Å².